The number of hydrogen-bond acceptors (Lipinski definition) is 5. The minimum absolute atomic E-state index is 0.0601. The van der Waals surface area contributed by atoms with Gasteiger partial charge in [0.15, 0.2) is 5.69 Å². The van der Waals surface area contributed by atoms with Crippen molar-refractivity contribution in [3.63, 3.8) is 0 Å². The third kappa shape index (κ3) is 3.61. The summed E-state index contributed by atoms with van der Waals surface area (Å²) in [7, 11) is 0. The number of aromatic nitrogens is 2. The summed E-state index contributed by atoms with van der Waals surface area (Å²) in [5.41, 5.74) is 1.81. The molecule has 2 aromatic heterocycles. The van der Waals surface area contributed by atoms with E-state index in [1.165, 1.54) is 4.90 Å². The van der Waals surface area contributed by atoms with Crippen LogP contribution in [-0.2, 0) is 4.79 Å². The Labute approximate surface area is 183 Å². The summed E-state index contributed by atoms with van der Waals surface area (Å²) in [4.78, 5) is 43.9. The fourth-order valence-electron chi connectivity index (χ4n) is 4.17. The number of nitrogens with zero attached hydrogens (tertiary/aromatic N) is 4. The number of carbonyl (C=O) groups is 3. The first kappa shape index (κ1) is 19.5. The molecule has 31 heavy (non-hydrogen) atoms. The topological polar surface area (TPSA) is 89.6 Å². The monoisotopic (exact) mass is 435 g/mol. The van der Waals surface area contributed by atoms with Crippen molar-refractivity contribution in [2.45, 2.75) is 18.9 Å². The molecule has 1 N–H and O–H groups in total. The number of nitrogens with one attached hydrogen (secondary N) is 1. The van der Waals surface area contributed by atoms with Crippen LogP contribution in [0.3, 0.4) is 0 Å². The van der Waals surface area contributed by atoms with Crippen LogP contribution >= 0.6 is 11.3 Å². The Hall–Kier alpha value is -3.46. The number of thiophene rings is 1. The molecule has 0 bridgehead atoms. The summed E-state index contributed by atoms with van der Waals surface area (Å²) in [6.45, 7) is 1.12. The van der Waals surface area contributed by atoms with E-state index < -0.39 is 0 Å². The SMILES string of the molecule is O=C(c1cc(-c2cccs2)[nH]n1)N1CCC(N2CC(=O)N(c3ccccc3)C2=O)CC1. The smallest absolute Gasteiger partial charge is 0.332 e. The normalized spacial score (nSPS) is 17.6. The molecule has 4 heterocycles. The van der Waals surface area contributed by atoms with Crippen LogP contribution in [0.1, 0.15) is 23.3 Å². The van der Waals surface area contributed by atoms with Gasteiger partial charge in [-0.3, -0.25) is 14.7 Å². The number of urea groups is 1. The molecule has 9 heteroatoms. The number of hydrogen-bond donors (Lipinski definition) is 1. The molecule has 8 nitrogen and oxygen atoms in total. The van der Waals surface area contributed by atoms with Crippen molar-refractivity contribution in [3.8, 4) is 10.6 Å². The number of imide groups is 1. The molecule has 0 aliphatic carbocycles. The number of benzene rings is 1. The predicted octanol–water partition coefficient (Wildman–Crippen LogP) is 3.21. The molecular weight excluding hydrogens is 414 g/mol. The summed E-state index contributed by atoms with van der Waals surface area (Å²) in [5.74, 6) is -0.334. The van der Waals surface area contributed by atoms with E-state index in [1.54, 1.807) is 39.3 Å². The number of carbonyl (C=O) groups excluding carboxylic acids is 3. The minimum Gasteiger partial charge on any atom is -0.337 e. The van der Waals surface area contributed by atoms with Crippen molar-refractivity contribution in [2.75, 3.05) is 24.5 Å². The summed E-state index contributed by atoms with van der Waals surface area (Å²) < 4.78 is 0. The van der Waals surface area contributed by atoms with Crippen LogP contribution in [0, 0.1) is 0 Å². The quantitative estimate of drug-likeness (QED) is 0.637. The second-order valence-corrected chi connectivity index (χ2v) is 8.59. The van der Waals surface area contributed by atoms with Crippen LogP contribution in [0.25, 0.3) is 10.6 Å². The number of anilines is 1. The lowest BCUT2D eigenvalue weighted by Gasteiger charge is -2.35. The van der Waals surface area contributed by atoms with Gasteiger partial charge in [-0.15, -0.1) is 11.3 Å². The van der Waals surface area contributed by atoms with Gasteiger partial charge in [-0.2, -0.15) is 5.10 Å². The molecule has 2 fully saturated rings. The molecule has 0 unspecified atom stereocenters. The van der Waals surface area contributed by atoms with Gasteiger partial charge in [-0.25, -0.2) is 9.69 Å². The lowest BCUT2D eigenvalue weighted by molar-refractivity contribution is -0.116. The molecule has 158 valence electrons. The zero-order chi connectivity index (χ0) is 21.4. The van der Waals surface area contributed by atoms with E-state index in [0.717, 1.165) is 10.6 Å². The summed E-state index contributed by atoms with van der Waals surface area (Å²) >= 11 is 1.58. The van der Waals surface area contributed by atoms with Crippen LogP contribution in [-0.4, -0.2) is 63.5 Å². The van der Waals surface area contributed by atoms with Gasteiger partial charge in [0.05, 0.1) is 16.3 Å². The Morgan fingerprint density at radius 1 is 1.06 bits per heavy atom. The average molecular weight is 436 g/mol. The van der Waals surface area contributed by atoms with Gasteiger partial charge in [0.2, 0.25) is 0 Å². The molecule has 0 atom stereocenters. The zero-order valence-electron chi connectivity index (χ0n) is 16.7. The largest absolute Gasteiger partial charge is 0.337 e. The first-order valence-electron chi connectivity index (χ1n) is 10.2. The Balaban J connectivity index is 1.22. The van der Waals surface area contributed by atoms with Crippen molar-refractivity contribution in [1.29, 1.82) is 0 Å². The Bertz CT molecular complexity index is 1100. The maximum Gasteiger partial charge on any atom is 0.332 e. The standard InChI is InChI=1S/C22H21N5O3S/c28-20-14-26(22(30)27(20)16-5-2-1-3-6-16)15-8-10-25(11-9-15)21(29)18-13-17(23-24-18)19-7-4-12-31-19/h1-7,12-13,15H,8-11,14H2,(H,23,24). The van der Waals surface area contributed by atoms with Gasteiger partial charge < -0.3 is 9.80 Å². The van der Waals surface area contributed by atoms with E-state index in [4.69, 9.17) is 0 Å². The van der Waals surface area contributed by atoms with Gasteiger partial charge >= 0.3 is 6.03 Å². The molecule has 1 aromatic carbocycles. The van der Waals surface area contributed by atoms with E-state index in [1.807, 2.05) is 35.7 Å². The number of piperidine rings is 1. The van der Waals surface area contributed by atoms with Crippen LogP contribution in [0.15, 0.2) is 53.9 Å². The fourth-order valence-corrected chi connectivity index (χ4v) is 4.86. The number of amides is 4. The summed E-state index contributed by atoms with van der Waals surface area (Å²) in [6, 6.07) is 14.3. The first-order chi connectivity index (χ1) is 15.1. The van der Waals surface area contributed by atoms with Gasteiger partial charge in [0.25, 0.3) is 11.8 Å². The van der Waals surface area contributed by atoms with Gasteiger partial charge in [-0.05, 0) is 42.5 Å². The Kier molecular flexibility index (Phi) is 5.03. The third-order valence-electron chi connectivity index (χ3n) is 5.78. The van der Waals surface area contributed by atoms with Crippen LogP contribution in [0.5, 0.6) is 0 Å². The molecule has 2 saturated heterocycles. The highest BCUT2D eigenvalue weighted by Crippen LogP contribution is 2.27. The minimum atomic E-state index is -0.283. The van der Waals surface area contributed by atoms with Crippen LogP contribution in [0.4, 0.5) is 10.5 Å². The number of H-pyrrole nitrogens is 1. The highest BCUT2D eigenvalue weighted by atomic mass is 32.1. The van der Waals surface area contributed by atoms with Gasteiger partial charge in [-0.1, -0.05) is 24.3 Å². The maximum absolute atomic E-state index is 12.9. The van der Waals surface area contributed by atoms with Crippen molar-refractivity contribution in [1.82, 2.24) is 20.0 Å². The number of aromatic amines is 1. The first-order valence-corrected chi connectivity index (χ1v) is 11.1. The molecule has 5 rings (SSSR count). The third-order valence-corrected chi connectivity index (χ3v) is 6.69. The maximum atomic E-state index is 12.9. The highest BCUT2D eigenvalue weighted by molar-refractivity contribution is 7.13. The summed E-state index contributed by atoms with van der Waals surface area (Å²) in [5, 5.41) is 9.09. The lowest BCUT2D eigenvalue weighted by Crippen LogP contribution is -2.48. The number of likely N-dealkylation sites (tertiary alicyclic amines) is 1. The van der Waals surface area contributed by atoms with Crippen LogP contribution < -0.4 is 4.90 Å². The Morgan fingerprint density at radius 2 is 1.84 bits per heavy atom. The van der Waals surface area contributed by atoms with Crippen molar-refractivity contribution >= 4 is 34.9 Å². The summed E-state index contributed by atoms with van der Waals surface area (Å²) in [6.07, 6.45) is 1.27. The highest BCUT2D eigenvalue weighted by Gasteiger charge is 2.41. The van der Waals surface area contributed by atoms with Crippen molar-refractivity contribution in [2.24, 2.45) is 0 Å². The lowest BCUT2D eigenvalue weighted by atomic mass is 10.0. The van der Waals surface area contributed by atoms with E-state index >= 15 is 0 Å². The van der Waals surface area contributed by atoms with Gasteiger partial charge in [0, 0.05) is 19.1 Å². The second kappa shape index (κ2) is 7.99. The van der Waals surface area contributed by atoms with E-state index in [2.05, 4.69) is 10.2 Å². The molecule has 3 aromatic rings. The fraction of sp³-hybridized carbons (Fsp3) is 0.273. The molecular formula is C22H21N5O3S. The molecule has 2 aliphatic heterocycles. The molecule has 0 radical (unpaired) electrons. The predicted molar refractivity (Wildman–Crippen MR) is 117 cm³/mol. The van der Waals surface area contributed by atoms with E-state index in [0.29, 0.717) is 37.3 Å². The average Bonchev–Trinajstić information content (AvgIpc) is 3.54. The number of para-hydroxylation sites is 1. The second-order valence-electron chi connectivity index (χ2n) is 7.64. The van der Waals surface area contributed by atoms with Crippen molar-refractivity contribution < 1.29 is 14.4 Å². The zero-order valence-corrected chi connectivity index (χ0v) is 17.5. The Morgan fingerprint density at radius 3 is 2.55 bits per heavy atom. The van der Waals surface area contributed by atoms with Crippen LogP contribution in [0.2, 0.25) is 0 Å². The van der Waals surface area contributed by atoms with Crippen molar-refractivity contribution in [3.05, 3.63) is 59.6 Å². The molecule has 4 amide bonds. The number of rotatable bonds is 4. The van der Waals surface area contributed by atoms with Gasteiger partial charge in [0.1, 0.15) is 6.54 Å². The van der Waals surface area contributed by atoms with E-state index in [9.17, 15) is 14.4 Å². The molecule has 0 spiro atoms. The van der Waals surface area contributed by atoms with E-state index in [-0.39, 0.29) is 30.4 Å². The molecule has 0 saturated carbocycles. The molecule has 2 aliphatic rings.